The summed E-state index contributed by atoms with van der Waals surface area (Å²) in [6.45, 7) is 2.15. The van der Waals surface area contributed by atoms with Crippen molar-refractivity contribution in [1.29, 1.82) is 0 Å². The van der Waals surface area contributed by atoms with E-state index in [1.807, 2.05) is 11.6 Å². The van der Waals surface area contributed by atoms with E-state index in [1.54, 1.807) is 11.3 Å². The van der Waals surface area contributed by atoms with Crippen LogP contribution in [-0.2, 0) is 18.3 Å². The van der Waals surface area contributed by atoms with Gasteiger partial charge in [-0.15, -0.1) is 21.5 Å². The van der Waals surface area contributed by atoms with Gasteiger partial charge in [-0.2, -0.15) is 0 Å². The van der Waals surface area contributed by atoms with E-state index < -0.39 is 5.82 Å². The number of carbonyl (C=O) groups is 1. The van der Waals surface area contributed by atoms with E-state index >= 15 is 0 Å². The van der Waals surface area contributed by atoms with Crippen molar-refractivity contribution in [3.05, 3.63) is 45.4 Å². The maximum Gasteiger partial charge on any atom is 0.234 e. The number of thiophene rings is 1. The number of thioether (sulfide) groups is 1. The average molecular weight is 425 g/mol. The van der Waals surface area contributed by atoms with Crippen molar-refractivity contribution >= 4 is 46.3 Å². The fourth-order valence-corrected chi connectivity index (χ4v) is 4.33. The van der Waals surface area contributed by atoms with Gasteiger partial charge in [0.25, 0.3) is 0 Å². The number of anilines is 1. The molecule has 0 saturated heterocycles. The molecule has 0 aliphatic heterocycles. The molecule has 142 valence electrons. The Hall–Kier alpha value is -1.90. The average Bonchev–Trinajstić information content (AvgIpc) is 3.23. The number of aryl methyl sites for hydroxylation is 1. The number of halogens is 2. The molecule has 3 rings (SSSR count). The van der Waals surface area contributed by atoms with Crippen LogP contribution in [0.3, 0.4) is 0 Å². The minimum absolute atomic E-state index is 0.0309. The molecule has 9 heteroatoms. The first-order valence-electron chi connectivity index (χ1n) is 8.32. The Morgan fingerprint density at radius 3 is 2.93 bits per heavy atom. The topological polar surface area (TPSA) is 59.8 Å². The second-order valence-corrected chi connectivity index (χ2v) is 8.23. The zero-order valence-corrected chi connectivity index (χ0v) is 17.2. The first-order chi connectivity index (χ1) is 13.0. The molecule has 0 bridgehead atoms. The number of nitrogens with zero attached hydrogens (tertiary/aromatic N) is 3. The van der Waals surface area contributed by atoms with Crippen LogP contribution in [0.5, 0.6) is 0 Å². The molecule has 1 amide bonds. The van der Waals surface area contributed by atoms with Crippen LogP contribution in [0.2, 0.25) is 5.02 Å². The molecule has 0 saturated carbocycles. The van der Waals surface area contributed by atoms with Gasteiger partial charge < -0.3 is 9.88 Å². The Balaban J connectivity index is 1.61. The lowest BCUT2D eigenvalue weighted by Gasteiger charge is -2.06. The van der Waals surface area contributed by atoms with Gasteiger partial charge in [0.15, 0.2) is 11.0 Å². The van der Waals surface area contributed by atoms with E-state index in [9.17, 15) is 9.18 Å². The second-order valence-electron chi connectivity index (χ2n) is 5.88. The SMILES string of the molecule is CCCc1cc(-c2nnc(SCC(=O)Nc3ccc(F)c(Cl)c3)n2C)cs1. The van der Waals surface area contributed by atoms with Crippen molar-refractivity contribution in [3.8, 4) is 11.4 Å². The van der Waals surface area contributed by atoms with Crippen LogP contribution in [-0.4, -0.2) is 26.4 Å². The number of aromatic nitrogens is 3. The summed E-state index contributed by atoms with van der Waals surface area (Å²) in [5, 5.41) is 13.8. The summed E-state index contributed by atoms with van der Waals surface area (Å²) in [5.41, 5.74) is 1.49. The molecule has 27 heavy (non-hydrogen) atoms. The maximum atomic E-state index is 13.2. The number of rotatable bonds is 7. The van der Waals surface area contributed by atoms with Gasteiger partial charge in [-0.05, 0) is 30.7 Å². The van der Waals surface area contributed by atoms with Crippen LogP contribution in [0.4, 0.5) is 10.1 Å². The molecule has 0 aliphatic rings. The number of hydrogen-bond acceptors (Lipinski definition) is 5. The lowest BCUT2D eigenvalue weighted by atomic mass is 10.2. The smallest absolute Gasteiger partial charge is 0.234 e. The molecule has 0 atom stereocenters. The fraction of sp³-hybridized carbons (Fsp3) is 0.278. The Kier molecular flexibility index (Phi) is 6.51. The van der Waals surface area contributed by atoms with Crippen LogP contribution >= 0.6 is 34.7 Å². The van der Waals surface area contributed by atoms with E-state index in [4.69, 9.17) is 11.6 Å². The summed E-state index contributed by atoms with van der Waals surface area (Å²) in [6, 6.07) is 6.20. The highest BCUT2D eigenvalue weighted by Crippen LogP contribution is 2.27. The van der Waals surface area contributed by atoms with Crippen molar-refractivity contribution in [1.82, 2.24) is 14.8 Å². The number of hydrogen-bond donors (Lipinski definition) is 1. The Bertz CT molecular complexity index is 957. The predicted octanol–water partition coefficient (Wildman–Crippen LogP) is 5.02. The maximum absolute atomic E-state index is 13.2. The van der Waals surface area contributed by atoms with Crippen molar-refractivity contribution in [2.45, 2.75) is 24.9 Å². The third kappa shape index (κ3) is 4.88. The minimum Gasteiger partial charge on any atom is -0.325 e. The van der Waals surface area contributed by atoms with Crippen LogP contribution < -0.4 is 5.32 Å². The summed E-state index contributed by atoms with van der Waals surface area (Å²) < 4.78 is 15.1. The first kappa shape index (κ1) is 19.9. The first-order valence-corrected chi connectivity index (χ1v) is 10.6. The molecule has 0 unspecified atom stereocenters. The third-order valence-corrected chi connectivity index (χ3v) is 6.09. The summed E-state index contributed by atoms with van der Waals surface area (Å²) in [6.07, 6.45) is 2.16. The molecular weight excluding hydrogens is 407 g/mol. The Morgan fingerprint density at radius 2 is 2.19 bits per heavy atom. The van der Waals surface area contributed by atoms with Gasteiger partial charge in [-0.3, -0.25) is 4.79 Å². The van der Waals surface area contributed by atoms with Crippen molar-refractivity contribution in [2.75, 3.05) is 11.1 Å². The molecule has 5 nitrogen and oxygen atoms in total. The van der Waals surface area contributed by atoms with Gasteiger partial charge in [0, 0.05) is 28.6 Å². The zero-order chi connectivity index (χ0) is 19.4. The van der Waals surface area contributed by atoms with Gasteiger partial charge in [-0.1, -0.05) is 36.7 Å². The second kappa shape index (κ2) is 8.86. The standard InChI is InChI=1S/C18H18ClFN4OS2/c1-3-4-13-7-11(9-26-13)17-22-23-18(24(17)2)27-10-16(25)21-12-5-6-15(20)14(19)8-12/h5-9H,3-4,10H2,1-2H3,(H,21,25). The lowest BCUT2D eigenvalue weighted by molar-refractivity contribution is -0.113. The largest absolute Gasteiger partial charge is 0.325 e. The molecule has 2 heterocycles. The minimum atomic E-state index is -0.522. The molecule has 2 aromatic heterocycles. The van der Waals surface area contributed by atoms with Crippen molar-refractivity contribution in [2.24, 2.45) is 7.05 Å². The van der Waals surface area contributed by atoms with Gasteiger partial charge in [-0.25, -0.2) is 4.39 Å². The van der Waals surface area contributed by atoms with E-state index in [1.165, 1.54) is 34.8 Å². The lowest BCUT2D eigenvalue weighted by Crippen LogP contribution is -2.14. The quantitative estimate of drug-likeness (QED) is 0.541. The van der Waals surface area contributed by atoms with E-state index in [-0.39, 0.29) is 16.7 Å². The third-order valence-electron chi connectivity index (χ3n) is 3.78. The summed E-state index contributed by atoms with van der Waals surface area (Å²) in [5.74, 6) is 0.187. The molecule has 0 spiro atoms. The van der Waals surface area contributed by atoms with Crippen LogP contribution in [0, 0.1) is 5.82 Å². The van der Waals surface area contributed by atoms with Crippen molar-refractivity contribution in [3.63, 3.8) is 0 Å². The molecule has 0 radical (unpaired) electrons. The summed E-state index contributed by atoms with van der Waals surface area (Å²) in [7, 11) is 1.88. The number of nitrogens with one attached hydrogen (secondary N) is 1. The van der Waals surface area contributed by atoms with E-state index in [0.29, 0.717) is 10.8 Å². The molecule has 1 aromatic carbocycles. The summed E-state index contributed by atoms with van der Waals surface area (Å²) in [4.78, 5) is 13.4. The monoisotopic (exact) mass is 424 g/mol. The van der Waals surface area contributed by atoms with Gasteiger partial charge in [0.05, 0.1) is 10.8 Å². The van der Waals surface area contributed by atoms with Crippen LogP contribution in [0.15, 0.2) is 34.8 Å². The van der Waals surface area contributed by atoms with Crippen molar-refractivity contribution < 1.29 is 9.18 Å². The van der Waals surface area contributed by atoms with E-state index in [2.05, 4.69) is 33.9 Å². The number of carbonyl (C=O) groups excluding carboxylic acids is 1. The highest BCUT2D eigenvalue weighted by molar-refractivity contribution is 7.99. The molecule has 3 aromatic rings. The molecular formula is C18H18ClFN4OS2. The Labute approximate surface area is 170 Å². The van der Waals surface area contributed by atoms with Gasteiger partial charge in [0.1, 0.15) is 5.82 Å². The fourth-order valence-electron chi connectivity index (χ4n) is 2.47. The normalized spacial score (nSPS) is 11.0. The number of amides is 1. The van der Waals surface area contributed by atoms with Crippen LogP contribution in [0.25, 0.3) is 11.4 Å². The molecule has 0 fully saturated rings. The highest BCUT2D eigenvalue weighted by atomic mass is 35.5. The van der Waals surface area contributed by atoms with Gasteiger partial charge in [0.2, 0.25) is 5.91 Å². The van der Waals surface area contributed by atoms with E-state index in [0.717, 1.165) is 24.2 Å². The number of benzene rings is 1. The zero-order valence-electron chi connectivity index (χ0n) is 14.8. The summed E-state index contributed by atoms with van der Waals surface area (Å²) >= 11 is 8.73. The van der Waals surface area contributed by atoms with Gasteiger partial charge >= 0.3 is 0 Å². The molecule has 1 N–H and O–H groups in total. The Morgan fingerprint density at radius 1 is 1.37 bits per heavy atom. The van der Waals surface area contributed by atoms with Crippen LogP contribution in [0.1, 0.15) is 18.2 Å². The molecule has 0 aliphatic carbocycles. The predicted molar refractivity (Wildman–Crippen MR) is 109 cm³/mol. The highest BCUT2D eigenvalue weighted by Gasteiger charge is 2.14.